The number of guanidine groups is 1. The van der Waals surface area contributed by atoms with Crippen molar-refractivity contribution in [2.45, 2.75) is 27.7 Å². The normalized spacial score (nSPS) is 9.96. The summed E-state index contributed by atoms with van der Waals surface area (Å²) < 4.78 is 0. The molecule has 0 radical (unpaired) electrons. The number of hydrogen-bond acceptors (Lipinski definition) is 4. The molecule has 4 N–H and O–H groups in total. The molecule has 7 nitrogen and oxygen atoms in total. The number of carbonyl (C=O) groups excluding carboxylic acids is 1. The lowest BCUT2D eigenvalue weighted by Gasteiger charge is -2.23. The van der Waals surface area contributed by atoms with E-state index >= 15 is 0 Å². The lowest BCUT2D eigenvalue weighted by Crippen LogP contribution is -2.24. The van der Waals surface area contributed by atoms with Crippen LogP contribution in [0.1, 0.15) is 33.0 Å². The molecule has 134 valence electrons. The third-order valence-corrected chi connectivity index (χ3v) is 3.81. The van der Waals surface area contributed by atoms with Gasteiger partial charge in [0.1, 0.15) is 0 Å². The van der Waals surface area contributed by atoms with E-state index in [1.807, 2.05) is 45.7 Å². The van der Waals surface area contributed by atoms with Gasteiger partial charge in [0.15, 0.2) is 11.8 Å². The van der Waals surface area contributed by atoms with Gasteiger partial charge >= 0.3 is 0 Å². The standard InChI is InChI=1S/C17H22N6O.ClH/c1-9-8-13(16(24)22-17(18)19)6-7-14(9)23(5)15-12(4)20-10(2)11(3)21-15;/h6-8H,1-5H3,(H4,18,19,22,24);1H. The van der Waals surface area contributed by atoms with Crippen molar-refractivity contribution in [2.24, 2.45) is 16.5 Å². The number of nitrogens with zero attached hydrogens (tertiary/aromatic N) is 4. The smallest absolute Gasteiger partial charge is 0.280 e. The fourth-order valence-corrected chi connectivity index (χ4v) is 2.48. The van der Waals surface area contributed by atoms with Crippen LogP contribution in [0.5, 0.6) is 0 Å². The first-order valence-corrected chi connectivity index (χ1v) is 7.51. The maximum absolute atomic E-state index is 11.9. The molecule has 0 saturated carbocycles. The molecule has 1 heterocycles. The lowest BCUT2D eigenvalue weighted by molar-refractivity contribution is 0.100. The largest absolute Gasteiger partial charge is 0.370 e. The Kier molecular flexibility index (Phi) is 6.47. The van der Waals surface area contributed by atoms with Crippen LogP contribution in [0, 0.1) is 27.7 Å². The third kappa shape index (κ3) is 4.45. The number of rotatable bonds is 3. The SMILES string of the molecule is Cc1cc(C(=O)N=C(N)N)ccc1N(C)c1nc(C)c(C)nc1C.Cl. The van der Waals surface area contributed by atoms with E-state index in [0.717, 1.165) is 34.2 Å². The van der Waals surface area contributed by atoms with Gasteiger partial charge in [-0.05, 0) is 51.5 Å². The van der Waals surface area contributed by atoms with Crippen molar-refractivity contribution in [2.75, 3.05) is 11.9 Å². The molecule has 2 rings (SSSR count). The molecular weight excluding hydrogens is 340 g/mol. The van der Waals surface area contributed by atoms with Crippen molar-refractivity contribution in [1.82, 2.24) is 9.97 Å². The van der Waals surface area contributed by atoms with Gasteiger partial charge in [0.2, 0.25) is 0 Å². The highest BCUT2D eigenvalue weighted by molar-refractivity contribution is 6.02. The van der Waals surface area contributed by atoms with Crippen LogP contribution in [0.2, 0.25) is 0 Å². The summed E-state index contributed by atoms with van der Waals surface area (Å²) in [7, 11) is 1.92. The maximum atomic E-state index is 11.9. The Morgan fingerprint density at radius 3 is 2.20 bits per heavy atom. The van der Waals surface area contributed by atoms with Gasteiger partial charge in [-0.1, -0.05) is 0 Å². The first-order valence-electron chi connectivity index (χ1n) is 7.51. The summed E-state index contributed by atoms with van der Waals surface area (Å²) in [6, 6.07) is 5.29. The van der Waals surface area contributed by atoms with E-state index in [0.29, 0.717) is 5.56 Å². The first-order chi connectivity index (χ1) is 11.2. The fourth-order valence-electron chi connectivity index (χ4n) is 2.48. The molecule has 0 fully saturated rings. The van der Waals surface area contributed by atoms with Gasteiger partial charge in [0, 0.05) is 18.3 Å². The topological polar surface area (TPSA) is 110 Å². The van der Waals surface area contributed by atoms with Gasteiger partial charge < -0.3 is 16.4 Å². The van der Waals surface area contributed by atoms with Gasteiger partial charge in [-0.3, -0.25) is 9.78 Å². The van der Waals surface area contributed by atoms with E-state index in [2.05, 4.69) is 15.0 Å². The molecule has 0 aliphatic heterocycles. The molecule has 0 atom stereocenters. The summed E-state index contributed by atoms with van der Waals surface area (Å²) in [4.78, 5) is 26.6. The predicted octanol–water partition coefficient (Wildman–Crippen LogP) is 2.31. The van der Waals surface area contributed by atoms with Crippen LogP contribution in [0.15, 0.2) is 23.2 Å². The summed E-state index contributed by atoms with van der Waals surface area (Å²) >= 11 is 0. The Morgan fingerprint density at radius 2 is 1.64 bits per heavy atom. The monoisotopic (exact) mass is 362 g/mol. The van der Waals surface area contributed by atoms with Crippen LogP contribution in [0.3, 0.4) is 0 Å². The van der Waals surface area contributed by atoms with Crippen LogP contribution in [0.4, 0.5) is 11.5 Å². The van der Waals surface area contributed by atoms with E-state index in [-0.39, 0.29) is 18.4 Å². The molecule has 8 heteroatoms. The Bertz CT molecular complexity index is 830. The van der Waals surface area contributed by atoms with Gasteiger partial charge in [-0.15, -0.1) is 12.4 Å². The second-order valence-electron chi connectivity index (χ2n) is 5.71. The molecule has 25 heavy (non-hydrogen) atoms. The van der Waals surface area contributed by atoms with Crippen LogP contribution >= 0.6 is 12.4 Å². The Hall–Kier alpha value is -2.67. The zero-order valence-electron chi connectivity index (χ0n) is 15.0. The van der Waals surface area contributed by atoms with Crippen molar-refractivity contribution in [3.63, 3.8) is 0 Å². The number of aromatic nitrogens is 2. The quantitative estimate of drug-likeness (QED) is 0.640. The van der Waals surface area contributed by atoms with E-state index in [1.165, 1.54) is 0 Å². The molecule has 0 aliphatic rings. The number of benzene rings is 1. The van der Waals surface area contributed by atoms with Gasteiger partial charge in [-0.2, -0.15) is 4.99 Å². The highest BCUT2D eigenvalue weighted by atomic mass is 35.5. The number of anilines is 2. The lowest BCUT2D eigenvalue weighted by atomic mass is 10.1. The second-order valence-corrected chi connectivity index (χ2v) is 5.71. The van der Waals surface area contributed by atoms with E-state index in [4.69, 9.17) is 11.5 Å². The molecule has 0 bridgehead atoms. The molecule has 1 aromatic heterocycles. The molecule has 0 aliphatic carbocycles. The second kappa shape index (κ2) is 7.94. The minimum absolute atomic E-state index is 0. The molecule has 0 unspecified atom stereocenters. The number of nitrogens with two attached hydrogens (primary N) is 2. The average Bonchev–Trinajstić information content (AvgIpc) is 2.49. The van der Waals surface area contributed by atoms with Crippen molar-refractivity contribution in [3.05, 3.63) is 46.4 Å². The Balaban J connectivity index is 0.00000312. The highest BCUT2D eigenvalue weighted by Crippen LogP contribution is 2.28. The minimum atomic E-state index is -0.463. The Labute approximate surface area is 153 Å². The minimum Gasteiger partial charge on any atom is -0.370 e. The van der Waals surface area contributed by atoms with Gasteiger partial charge in [0.05, 0.1) is 17.1 Å². The van der Waals surface area contributed by atoms with E-state index in [9.17, 15) is 4.79 Å². The Morgan fingerprint density at radius 1 is 1.04 bits per heavy atom. The fraction of sp³-hybridized carbons (Fsp3) is 0.294. The summed E-state index contributed by atoms with van der Waals surface area (Å²) in [6.45, 7) is 7.72. The van der Waals surface area contributed by atoms with Crippen LogP contribution in [0.25, 0.3) is 0 Å². The third-order valence-electron chi connectivity index (χ3n) is 3.81. The number of amides is 1. The number of aryl methyl sites for hydroxylation is 4. The number of halogens is 1. The molecule has 1 aromatic carbocycles. The summed E-state index contributed by atoms with van der Waals surface area (Å²) in [5.74, 6) is 0.0684. The average molecular weight is 363 g/mol. The predicted molar refractivity (Wildman–Crippen MR) is 103 cm³/mol. The molecule has 0 spiro atoms. The van der Waals surface area contributed by atoms with Gasteiger partial charge in [0.25, 0.3) is 5.91 Å². The van der Waals surface area contributed by atoms with Crippen molar-refractivity contribution < 1.29 is 4.79 Å². The van der Waals surface area contributed by atoms with Crippen molar-refractivity contribution in [1.29, 1.82) is 0 Å². The summed E-state index contributed by atoms with van der Waals surface area (Å²) in [5.41, 5.74) is 15.4. The van der Waals surface area contributed by atoms with Crippen LogP contribution in [-0.2, 0) is 0 Å². The molecule has 1 amide bonds. The summed E-state index contributed by atoms with van der Waals surface area (Å²) in [6.07, 6.45) is 0. The maximum Gasteiger partial charge on any atom is 0.280 e. The zero-order valence-corrected chi connectivity index (χ0v) is 15.8. The van der Waals surface area contributed by atoms with Gasteiger partial charge in [-0.25, -0.2) is 4.98 Å². The molecular formula is C17H23ClN6O. The van der Waals surface area contributed by atoms with Crippen LogP contribution < -0.4 is 16.4 Å². The summed E-state index contributed by atoms with van der Waals surface area (Å²) in [5, 5.41) is 0. The van der Waals surface area contributed by atoms with Crippen LogP contribution in [-0.4, -0.2) is 28.9 Å². The van der Waals surface area contributed by atoms with E-state index < -0.39 is 5.91 Å². The van der Waals surface area contributed by atoms with Crippen molar-refractivity contribution in [3.8, 4) is 0 Å². The molecule has 0 saturated heterocycles. The molecule has 2 aromatic rings. The van der Waals surface area contributed by atoms with Crippen molar-refractivity contribution >= 4 is 35.8 Å². The zero-order chi connectivity index (χ0) is 18.0. The highest BCUT2D eigenvalue weighted by Gasteiger charge is 2.15. The number of hydrogen-bond donors (Lipinski definition) is 2. The number of aliphatic imine (C=N–C) groups is 1. The number of carbonyl (C=O) groups is 1. The van der Waals surface area contributed by atoms with E-state index in [1.54, 1.807) is 12.1 Å². The first kappa shape index (κ1) is 20.4.